The van der Waals surface area contributed by atoms with E-state index in [2.05, 4.69) is 37.2 Å². The lowest BCUT2D eigenvalue weighted by atomic mass is 10.3. The van der Waals surface area contributed by atoms with Gasteiger partial charge in [0.05, 0.1) is 4.48 Å². The number of amides is 1. The number of benzene rings is 1. The largest absolute Gasteiger partial charge is 0.322 e. The fraction of sp³-hybridized carbons (Fsp3) is 0. The van der Waals surface area contributed by atoms with Crippen LogP contribution in [0.2, 0.25) is 5.02 Å². The van der Waals surface area contributed by atoms with Crippen molar-refractivity contribution in [3.8, 4) is 0 Å². The number of anilines is 1. The summed E-state index contributed by atoms with van der Waals surface area (Å²) in [4.78, 5) is 12.8. The van der Waals surface area contributed by atoms with Crippen LogP contribution in [0, 0.1) is 0 Å². The van der Waals surface area contributed by atoms with Crippen LogP contribution in [0.4, 0.5) is 5.69 Å². The Morgan fingerprint density at radius 2 is 1.93 bits per heavy atom. The first kappa shape index (κ1) is 11.8. The number of nitrogens with one attached hydrogen (secondary N) is 1. The fourth-order valence-electron chi connectivity index (χ4n) is 0.774. The molecule has 5 heteroatoms. The van der Waals surface area contributed by atoms with E-state index in [-0.39, 0.29) is 5.91 Å². The van der Waals surface area contributed by atoms with Crippen LogP contribution >= 0.6 is 43.5 Å². The lowest BCUT2D eigenvalue weighted by Crippen LogP contribution is -2.10. The summed E-state index contributed by atoms with van der Waals surface area (Å²) in [7, 11) is 0. The molecule has 1 aromatic carbocycles. The number of carbonyl (C=O) groups is 1. The highest BCUT2D eigenvalue weighted by molar-refractivity contribution is 9.14. The van der Waals surface area contributed by atoms with Crippen molar-refractivity contribution in [1.82, 2.24) is 0 Å². The predicted molar refractivity (Wildman–Crippen MR) is 66.0 cm³/mol. The summed E-state index contributed by atoms with van der Waals surface area (Å²) in [6, 6.07) is 6.88. The van der Waals surface area contributed by atoms with E-state index >= 15 is 0 Å². The third-order valence-electron chi connectivity index (χ3n) is 1.41. The molecule has 74 valence electrons. The molecule has 1 rings (SSSR count). The van der Waals surface area contributed by atoms with Crippen molar-refractivity contribution < 1.29 is 4.79 Å². The zero-order valence-corrected chi connectivity index (χ0v) is 10.9. The molecule has 1 amide bonds. The molecule has 0 heterocycles. The Labute approximate surface area is 104 Å². The van der Waals surface area contributed by atoms with Crippen LogP contribution in [-0.2, 0) is 4.79 Å². The smallest absolute Gasteiger partial charge is 0.263 e. The molecule has 0 unspecified atom stereocenters. The molecule has 1 aromatic rings. The van der Waals surface area contributed by atoms with Crippen LogP contribution in [-0.4, -0.2) is 5.91 Å². The highest BCUT2D eigenvalue weighted by Crippen LogP contribution is 2.16. The van der Waals surface area contributed by atoms with Gasteiger partial charge in [-0.1, -0.05) is 27.5 Å². The van der Waals surface area contributed by atoms with E-state index in [1.807, 2.05) is 0 Å². The quantitative estimate of drug-likeness (QED) is 0.813. The van der Waals surface area contributed by atoms with Gasteiger partial charge in [-0.05, 0) is 40.2 Å². The minimum absolute atomic E-state index is 0.218. The molecule has 0 saturated heterocycles. The molecule has 0 radical (unpaired) electrons. The summed E-state index contributed by atoms with van der Waals surface area (Å²) in [5.74, 6) is -0.218. The highest BCUT2D eigenvalue weighted by atomic mass is 79.9. The van der Waals surface area contributed by atoms with Gasteiger partial charge < -0.3 is 5.32 Å². The number of halogens is 3. The Morgan fingerprint density at radius 3 is 2.43 bits per heavy atom. The maximum Gasteiger partial charge on any atom is 0.263 e. The molecular weight excluding hydrogens is 333 g/mol. The van der Waals surface area contributed by atoms with Gasteiger partial charge in [-0.2, -0.15) is 0 Å². The molecule has 0 saturated carbocycles. The van der Waals surface area contributed by atoms with Gasteiger partial charge in [0.25, 0.3) is 5.91 Å². The van der Waals surface area contributed by atoms with Crippen LogP contribution in [0.1, 0.15) is 0 Å². The van der Waals surface area contributed by atoms with E-state index in [1.54, 1.807) is 24.3 Å². The van der Waals surface area contributed by atoms with Crippen molar-refractivity contribution in [3.05, 3.63) is 38.8 Å². The third kappa shape index (κ3) is 3.44. The van der Waals surface area contributed by atoms with E-state index in [4.69, 9.17) is 11.6 Å². The van der Waals surface area contributed by atoms with Crippen LogP contribution in [0.15, 0.2) is 33.7 Å². The Bertz CT molecular complexity index is 362. The Balaban J connectivity index is 2.70. The van der Waals surface area contributed by atoms with Crippen LogP contribution in [0.5, 0.6) is 0 Å². The minimum Gasteiger partial charge on any atom is -0.322 e. The fourth-order valence-corrected chi connectivity index (χ4v) is 1.21. The molecule has 14 heavy (non-hydrogen) atoms. The van der Waals surface area contributed by atoms with Crippen molar-refractivity contribution in [2.45, 2.75) is 0 Å². The van der Waals surface area contributed by atoms with E-state index in [1.165, 1.54) is 4.99 Å². The summed E-state index contributed by atoms with van der Waals surface area (Å²) in [6.45, 7) is 0. The second-order valence-electron chi connectivity index (χ2n) is 2.42. The second kappa shape index (κ2) is 5.53. The average Bonchev–Trinajstić information content (AvgIpc) is 2.20. The van der Waals surface area contributed by atoms with E-state index < -0.39 is 0 Å². The Morgan fingerprint density at radius 1 is 1.36 bits per heavy atom. The summed E-state index contributed by atoms with van der Waals surface area (Å²) in [5, 5.41) is 3.31. The third-order valence-corrected chi connectivity index (χ3v) is 3.33. The first-order chi connectivity index (χ1) is 6.63. The van der Waals surface area contributed by atoms with Gasteiger partial charge in [0.15, 0.2) is 0 Å². The molecule has 0 aliphatic rings. The van der Waals surface area contributed by atoms with E-state index in [0.29, 0.717) is 15.2 Å². The summed E-state index contributed by atoms with van der Waals surface area (Å²) in [6.07, 6.45) is 0. The molecular formula is C9H6Br2ClNO. The van der Waals surface area contributed by atoms with Crippen molar-refractivity contribution in [3.63, 3.8) is 0 Å². The molecule has 0 bridgehead atoms. The van der Waals surface area contributed by atoms with Gasteiger partial charge >= 0.3 is 0 Å². The Hall–Kier alpha value is -0.320. The minimum atomic E-state index is -0.218. The maximum absolute atomic E-state index is 11.3. The molecule has 0 atom stereocenters. The monoisotopic (exact) mass is 337 g/mol. The van der Waals surface area contributed by atoms with Gasteiger partial charge in [0, 0.05) is 15.7 Å². The van der Waals surface area contributed by atoms with Gasteiger partial charge in [-0.25, -0.2) is 0 Å². The van der Waals surface area contributed by atoms with Crippen molar-refractivity contribution in [2.75, 3.05) is 5.32 Å². The van der Waals surface area contributed by atoms with E-state index in [9.17, 15) is 4.79 Å². The Kier molecular flexibility index (Phi) is 4.65. The molecule has 2 nitrogen and oxygen atoms in total. The normalized spacial score (nSPS) is 11.2. The van der Waals surface area contributed by atoms with Gasteiger partial charge in [-0.15, -0.1) is 0 Å². The molecule has 1 N–H and O–H groups in total. The average molecular weight is 339 g/mol. The zero-order chi connectivity index (χ0) is 10.6. The topological polar surface area (TPSA) is 29.1 Å². The molecule has 0 aliphatic carbocycles. The number of hydrogen-bond acceptors (Lipinski definition) is 1. The van der Waals surface area contributed by atoms with Crippen LogP contribution in [0.3, 0.4) is 0 Å². The van der Waals surface area contributed by atoms with Gasteiger partial charge in [0.1, 0.15) is 0 Å². The summed E-state index contributed by atoms with van der Waals surface area (Å²) in [5.41, 5.74) is 0.700. The molecule has 0 fully saturated rings. The first-order valence-corrected chi connectivity index (χ1v) is 5.75. The van der Waals surface area contributed by atoms with Crippen molar-refractivity contribution in [2.24, 2.45) is 0 Å². The maximum atomic E-state index is 11.3. The number of rotatable bonds is 2. The lowest BCUT2D eigenvalue weighted by molar-refractivity contribution is -0.112. The van der Waals surface area contributed by atoms with Crippen LogP contribution < -0.4 is 5.32 Å². The summed E-state index contributed by atoms with van der Waals surface area (Å²) < 4.78 is 0.424. The van der Waals surface area contributed by atoms with Gasteiger partial charge in [0.2, 0.25) is 0 Å². The van der Waals surface area contributed by atoms with Crippen molar-refractivity contribution >= 4 is 55.1 Å². The zero-order valence-electron chi connectivity index (χ0n) is 6.93. The molecule has 0 aliphatic heterocycles. The first-order valence-electron chi connectivity index (χ1n) is 3.66. The lowest BCUT2D eigenvalue weighted by Gasteiger charge is -2.03. The van der Waals surface area contributed by atoms with Gasteiger partial charge in [-0.3, -0.25) is 4.79 Å². The predicted octanol–water partition coefficient (Wildman–Crippen LogP) is 3.91. The SMILES string of the molecule is O=C(Nc1ccc(Cl)cc1)/C(Br)=C/Br. The molecule has 0 aromatic heterocycles. The molecule has 0 spiro atoms. The second-order valence-corrected chi connectivity index (χ2v) is 4.17. The number of carbonyl (C=O) groups excluding carboxylic acids is 1. The van der Waals surface area contributed by atoms with Crippen LogP contribution in [0.25, 0.3) is 0 Å². The highest BCUT2D eigenvalue weighted by Gasteiger charge is 2.04. The van der Waals surface area contributed by atoms with Crippen molar-refractivity contribution in [1.29, 1.82) is 0 Å². The summed E-state index contributed by atoms with van der Waals surface area (Å²) >= 11 is 11.8. The standard InChI is InChI=1S/C9H6Br2ClNO/c10-5-8(11)9(14)13-7-3-1-6(12)2-4-7/h1-5H,(H,13,14)/b8-5-. The number of hydrogen-bond donors (Lipinski definition) is 1. The van der Waals surface area contributed by atoms with E-state index in [0.717, 1.165) is 0 Å².